The zero-order valence-electron chi connectivity index (χ0n) is 14.7. The van der Waals surface area contributed by atoms with Crippen LogP contribution in [0, 0.1) is 6.92 Å². The van der Waals surface area contributed by atoms with Crippen LogP contribution >= 0.6 is 0 Å². The van der Waals surface area contributed by atoms with Crippen LogP contribution in [-0.2, 0) is 12.7 Å². The molecule has 3 aromatic carbocycles. The number of rotatable bonds is 3. The van der Waals surface area contributed by atoms with Gasteiger partial charge in [0.2, 0.25) is 0 Å². The molecule has 136 valence electrons. The van der Waals surface area contributed by atoms with Gasteiger partial charge in [0, 0.05) is 10.9 Å². The van der Waals surface area contributed by atoms with Gasteiger partial charge in [-0.3, -0.25) is 4.68 Å². The number of alkyl halides is 3. The molecule has 0 aliphatic carbocycles. The van der Waals surface area contributed by atoms with E-state index < -0.39 is 11.7 Å². The molecule has 5 heteroatoms. The fraction of sp³-hybridized carbons (Fsp3) is 0.136. The minimum Gasteiger partial charge on any atom is -0.259 e. The lowest BCUT2D eigenvalue weighted by Crippen LogP contribution is -2.07. The molecule has 0 saturated carbocycles. The fourth-order valence-electron chi connectivity index (χ4n) is 3.34. The van der Waals surface area contributed by atoms with Crippen LogP contribution in [0.5, 0.6) is 0 Å². The van der Waals surface area contributed by atoms with E-state index in [9.17, 15) is 13.2 Å². The van der Waals surface area contributed by atoms with Gasteiger partial charge in [0.1, 0.15) is 5.52 Å². The molecule has 0 unspecified atom stereocenters. The van der Waals surface area contributed by atoms with Gasteiger partial charge in [0.05, 0.1) is 17.8 Å². The Balaban J connectivity index is 1.98. The molecule has 1 aromatic heterocycles. The fourth-order valence-corrected chi connectivity index (χ4v) is 3.34. The molecule has 0 bridgehead atoms. The highest BCUT2D eigenvalue weighted by Gasteiger charge is 2.34. The number of halogens is 3. The standard InChI is InChI=1S/C22H17F3N2/c1-15-8-5-6-11-17(15)14-27-21(16-9-3-2-4-10-16)18-12-7-13-19(20(18)26-27)22(23,24)25/h2-13H,14H2,1H3. The van der Waals surface area contributed by atoms with Crippen molar-refractivity contribution in [2.75, 3.05) is 0 Å². The molecule has 4 aromatic rings. The number of fused-ring (bicyclic) bond motifs is 1. The Morgan fingerprint density at radius 3 is 2.26 bits per heavy atom. The Morgan fingerprint density at radius 1 is 0.852 bits per heavy atom. The highest BCUT2D eigenvalue weighted by Crippen LogP contribution is 2.38. The van der Waals surface area contributed by atoms with Crippen LogP contribution in [0.3, 0.4) is 0 Å². The topological polar surface area (TPSA) is 17.8 Å². The van der Waals surface area contributed by atoms with Crippen molar-refractivity contribution in [3.05, 3.63) is 89.5 Å². The summed E-state index contributed by atoms with van der Waals surface area (Å²) in [7, 11) is 0. The molecule has 0 aliphatic rings. The third-order valence-electron chi connectivity index (χ3n) is 4.70. The Bertz CT molecular complexity index is 1100. The maximum absolute atomic E-state index is 13.5. The molecule has 2 nitrogen and oxygen atoms in total. The van der Waals surface area contributed by atoms with Crippen molar-refractivity contribution in [1.82, 2.24) is 9.78 Å². The monoisotopic (exact) mass is 366 g/mol. The average molecular weight is 366 g/mol. The molecule has 0 amide bonds. The van der Waals surface area contributed by atoms with Crippen molar-refractivity contribution in [2.24, 2.45) is 0 Å². The van der Waals surface area contributed by atoms with Gasteiger partial charge in [-0.15, -0.1) is 0 Å². The van der Waals surface area contributed by atoms with Crippen LogP contribution in [0.2, 0.25) is 0 Å². The summed E-state index contributed by atoms with van der Waals surface area (Å²) in [6.07, 6.45) is -4.45. The Morgan fingerprint density at radius 2 is 1.56 bits per heavy atom. The maximum atomic E-state index is 13.5. The van der Waals surface area contributed by atoms with Gasteiger partial charge in [0.25, 0.3) is 0 Å². The van der Waals surface area contributed by atoms with Gasteiger partial charge in [-0.1, -0.05) is 66.7 Å². The summed E-state index contributed by atoms with van der Waals surface area (Å²) >= 11 is 0. The first-order chi connectivity index (χ1) is 12.9. The largest absolute Gasteiger partial charge is 0.418 e. The quantitative estimate of drug-likeness (QED) is 0.430. The molecule has 0 N–H and O–H groups in total. The van der Waals surface area contributed by atoms with Gasteiger partial charge in [-0.2, -0.15) is 18.3 Å². The lowest BCUT2D eigenvalue weighted by molar-refractivity contribution is -0.136. The van der Waals surface area contributed by atoms with Crippen molar-refractivity contribution in [3.63, 3.8) is 0 Å². The van der Waals surface area contributed by atoms with E-state index in [1.165, 1.54) is 6.07 Å². The number of hydrogen-bond acceptors (Lipinski definition) is 1. The normalized spacial score (nSPS) is 11.9. The van der Waals surface area contributed by atoms with Gasteiger partial charge in [-0.05, 0) is 24.1 Å². The molecular formula is C22H17F3N2. The van der Waals surface area contributed by atoms with E-state index in [0.717, 1.165) is 22.8 Å². The number of nitrogens with zero attached hydrogens (tertiary/aromatic N) is 2. The third kappa shape index (κ3) is 3.21. The van der Waals surface area contributed by atoms with E-state index in [-0.39, 0.29) is 5.52 Å². The van der Waals surface area contributed by atoms with Gasteiger partial charge in [-0.25, -0.2) is 0 Å². The molecule has 1 heterocycles. The Kier molecular flexibility index (Phi) is 4.22. The van der Waals surface area contributed by atoms with E-state index in [4.69, 9.17) is 0 Å². The summed E-state index contributed by atoms with van der Waals surface area (Å²) < 4.78 is 42.2. The zero-order chi connectivity index (χ0) is 19.0. The van der Waals surface area contributed by atoms with E-state index >= 15 is 0 Å². The van der Waals surface area contributed by atoms with Crippen molar-refractivity contribution in [1.29, 1.82) is 0 Å². The highest BCUT2D eigenvalue weighted by molar-refractivity contribution is 5.95. The zero-order valence-corrected chi connectivity index (χ0v) is 14.7. The molecule has 0 saturated heterocycles. The van der Waals surface area contributed by atoms with Crippen molar-refractivity contribution < 1.29 is 13.2 Å². The number of aryl methyl sites for hydroxylation is 1. The van der Waals surface area contributed by atoms with Crippen molar-refractivity contribution >= 4 is 10.9 Å². The number of hydrogen-bond donors (Lipinski definition) is 0. The average Bonchev–Trinajstić information content (AvgIpc) is 3.01. The molecule has 0 aliphatic heterocycles. The van der Waals surface area contributed by atoms with E-state index in [1.54, 1.807) is 10.7 Å². The molecule has 27 heavy (non-hydrogen) atoms. The van der Waals surface area contributed by atoms with Crippen molar-refractivity contribution in [2.45, 2.75) is 19.6 Å². The first kappa shape index (κ1) is 17.3. The Hall–Kier alpha value is -3.08. The van der Waals surface area contributed by atoms with Gasteiger partial charge in [0.15, 0.2) is 0 Å². The summed E-state index contributed by atoms with van der Waals surface area (Å²) in [5.41, 5.74) is 2.91. The third-order valence-corrected chi connectivity index (χ3v) is 4.70. The molecule has 0 radical (unpaired) electrons. The lowest BCUT2D eigenvalue weighted by atomic mass is 10.0. The van der Waals surface area contributed by atoms with Gasteiger partial charge < -0.3 is 0 Å². The minimum atomic E-state index is -4.45. The number of aromatic nitrogens is 2. The van der Waals surface area contributed by atoms with Crippen LogP contribution < -0.4 is 0 Å². The van der Waals surface area contributed by atoms with Gasteiger partial charge >= 0.3 is 6.18 Å². The van der Waals surface area contributed by atoms with Crippen LogP contribution in [0.1, 0.15) is 16.7 Å². The highest BCUT2D eigenvalue weighted by atomic mass is 19.4. The second kappa shape index (κ2) is 6.58. The summed E-state index contributed by atoms with van der Waals surface area (Å²) in [6.45, 7) is 2.39. The minimum absolute atomic E-state index is 0.0163. The number of benzene rings is 3. The second-order valence-electron chi connectivity index (χ2n) is 6.50. The molecule has 4 rings (SSSR count). The van der Waals surface area contributed by atoms with Crippen LogP contribution in [0.25, 0.3) is 22.2 Å². The molecule has 0 spiro atoms. The predicted octanol–water partition coefficient (Wildman–Crippen LogP) is 6.08. The van der Waals surface area contributed by atoms with Crippen molar-refractivity contribution in [3.8, 4) is 11.3 Å². The first-order valence-electron chi connectivity index (χ1n) is 8.62. The first-order valence-corrected chi connectivity index (χ1v) is 8.62. The van der Waals surface area contributed by atoms with E-state index in [2.05, 4.69) is 5.10 Å². The Labute approximate surface area is 154 Å². The second-order valence-corrected chi connectivity index (χ2v) is 6.50. The summed E-state index contributed by atoms with van der Waals surface area (Å²) in [6, 6.07) is 21.5. The van der Waals surface area contributed by atoms with E-state index in [0.29, 0.717) is 17.6 Å². The molecule has 0 fully saturated rings. The van der Waals surface area contributed by atoms with Crippen LogP contribution in [-0.4, -0.2) is 9.78 Å². The summed E-state index contributed by atoms with van der Waals surface area (Å²) in [4.78, 5) is 0. The maximum Gasteiger partial charge on any atom is 0.418 e. The SMILES string of the molecule is Cc1ccccc1Cn1nc2c(C(F)(F)F)cccc2c1-c1ccccc1. The lowest BCUT2D eigenvalue weighted by Gasteiger charge is -2.10. The predicted molar refractivity (Wildman–Crippen MR) is 100 cm³/mol. The van der Waals surface area contributed by atoms with E-state index in [1.807, 2.05) is 61.5 Å². The van der Waals surface area contributed by atoms with Crippen LogP contribution in [0.15, 0.2) is 72.8 Å². The summed E-state index contributed by atoms with van der Waals surface area (Å²) in [5.74, 6) is 0. The smallest absolute Gasteiger partial charge is 0.259 e. The summed E-state index contributed by atoms with van der Waals surface area (Å²) in [5, 5.41) is 4.89. The molecular weight excluding hydrogens is 349 g/mol. The molecule has 0 atom stereocenters. The van der Waals surface area contributed by atoms with Crippen LogP contribution in [0.4, 0.5) is 13.2 Å².